The Hall–Kier alpha value is -3.75. The Bertz CT molecular complexity index is 1000. The summed E-state index contributed by atoms with van der Waals surface area (Å²) < 4.78 is 16.2. The predicted molar refractivity (Wildman–Crippen MR) is 121 cm³/mol. The van der Waals surface area contributed by atoms with Crippen molar-refractivity contribution in [3.8, 4) is 28.6 Å². The fraction of sp³-hybridized carbons (Fsp3) is 0.318. The number of benzene rings is 2. The largest absolute Gasteiger partial charge is 0.497 e. The predicted octanol–water partition coefficient (Wildman–Crippen LogP) is 3.47. The molecule has 0 fully saturated rings. The number of rotatable bonds is 9. The number of aromatic nitrogens is 3. The van der Waals surface area contributed by atoms with Crippen LogP contribution in [-0.4, -0.2) is 48.5 Å². The van der Waals surface area contributed by atoms with Crippen molar-refractivity contribution < 1.29 is 14.2 Å². The van der Waals surface area contributed by atoms with Crippen LogP contribution >= 0.6 is 0 Å². The highest BCUT2D eigenvalue weighted by Gasteiger charge is 2.09. The van der Waals surface area contributed by atoms with Gasteiger partial charge in [-0.15, -0.1) is 0 Å². The fourth-order valence-corrected chi connectivity index (χ4v) is 2.85. The van der Waals surface area contributed by atoms with Gasteiger partial charge in [0.1, 0.15) is 18.1 Å². The molecule has 0 bridgehead atoms. The number of H-pyrrole nitrogens is 1. The van der Waals surface area contributed by atoms with E-state index in [0.29, 0.717) is 48.8 Å². The molecule has 3 rings (SSSR count). The first-order valence-corrected chi connectivity index (χ1v) is 10.1. The van der Waals surface area contributed by atoms with Crippen LogP contribution in [0.15, 0.2) is 47.5 Å². The molecule has 0 saturated heterocycles. The highest BCUT2D eigenvalue weighted by Crippen LogP contribution is 2.30. The normalized spacial score (nSPS) is 11.2. The minimum Gasteiger partial charge on any atom is -0.497 e. The third kappa shape index (κ3) is 5.88. The Labute approximate surface area is 181 Å². The van der Waals surface area contributed by atoms with Gasteiger partial charge in [0.25, 0.3) is 0 Å². The molecule has 0 atom stereocenters. The SMILES string of the molecule is CCNC(=NCc1nc(-c2ccc(OC)cc2)n[nH]1)Nc1ccc(OCC)c(OC)c1. The van der Waals surface area contributed by atoms with Crippen LogP contribution in [0.2, 0.25) is 0 Å². The zero-order chi connectivity index (χ0) is 22.1. The summed E-state index contributed by atoms with van der Waals surface area (Å²) in [6, 6.07) is 13.2. The maximum absolute atomic E-state index is 5.57. The van der Waals surface area contributed by atoms with Crippen molar-refractivity contribution in [2.75, 3.05) is 32.7 Å². The third-order valence-corrected chi connectivity index (χ3v) is 4.34. The molecular formula is C22H28N6O3. The van der Waals surface area contributed by atoms with Crippen molar-refractivity contribution in [1.82, 2.24) is 20.5 Å². The van der Waals surface area contributed by atoms with E-state index in [1.807, 2.05) is 56.3 Å². The number of hydrogen-bond donors (Lipinski definition) is 3. The maximum atomic E-state index is 5.57. The first-order valence-electron chi connectivity index (χ1n) is 10.1. The van der Waals surface area contributed by atoms with Crippen LogP contribution in [0.5, 0.6) is 17.2 Å². The molecule has 1 heterocycles. The molecule has 3 N–H and O–H groups in total. The van der Waals surface area contributed by atoms with Crippen LogP contribution in [0.1, 0.15) is 19.7 Å². The monoisotopic (exact) mass is 424 g/mol. The number of nitrogens with zero attached hydrogens (tertiary/aromatic N) is 3. The molecule has 9 heteroatoms. The van der Waals surface area contributed by atoms with Crippen LogP contribution in [0, 0.1) is 0 Å². The molecule has 0 amide bonds. The molecule has 0 saturated carbocycles. The summed E-state index contributed by atoms with van der Waals surface area (Å²) in [6.07, 6.45) is 0. The van der Waals surface area contributed by atoms with Gasteiger partial charge in [0.05, 0.1) is 20.8 Å². The number of aliphatic imine (C=N–C) groups is 1. The van der Waals surface area contributed by atoms with Gasteiger partial charge < -0.3 is 24.8 Å². The summed E-state index contributed by atoms with van der Waals surface area (Å²) in [5, 5.41) is 13.7. The van der Waals surface area contributed by atoms with Crippen LogP contribution in [-0.2, 0) is 6.54 Å². The highest BCUT2D eigenvalue weighted by molar-refractivity contribution is 5.93. The second-order valence-electron chi connectivity index (χ2n) is 6.45. The molecular weight excluding hydrogens is 396 g/mol. The van der Waals surface area contributed by atoms with Gasteiger partial charge in [-0.1, -0.05) is 0 Å². The molecule has 0 aliphatic carbocycles. The quantitative estimate of drug-likeness (QED) is 0.357. The molecule has 0 aliphatic rings. The maximum Gasteiger partial charge on any atom is 0.196 e. The number of anilines is 1. The van der Waals surface area contributed by atoms with E-state index in [1.54, 1.807) is 14.2 Å². The molecule has 9 nitrogen and oxygen atoms in total. The minimum atomic E-state index is 0.340. The van der Waals surface area contributed by atoms with E-state index in [2.05, 4.69) is 30.8 Å². The number of methoxy groups -OCH3 is 2. The smallest absolute Gasteiger partial charge is 0.196 e. The van der Waals surface area contributed by atoms with Crippen molar-refractivity contribution in [2.45, 2.75) is 20.4 Å². The average molecular weight is 425 g/mol. The van der Waals surface area contributed by atoms with Gasteiger partial charge in [0, 0.05) is 23.9 Å². The number of ether oxygens (including phenoxy) is 3. The second-order valence-corrected chi connectivity index (χ2v) is 6.45. The summed E-state index contributed by atoms with van der Waals surface area (Å²) >= 11 is 0. The summed E-state index contributed by atoms with van der Waals surface area (Å²) in [6.45, 7) is 5.57. The summed E-state index contributed by atoms with van der Waals surface area (Å²) in [5.41, 5.74) is 1.73. The van der Waals surface area contributed by atoms with Crippen molar-refractivity contribution in [2.24, 2.45) is 4.99 Å². The Morgan fingerprint density at radius 1 is 1.03 bits per heavy atom. The minimum absolute atomic E-state index is 0.340. The van der Waals surface area contributed by atoms with Crippen molar-refractivity contribution >= 4 is 11.6 Å². The van der Waals surface area contributed by atoms with E-state index in [1.165, 1.54) is 0 Å². The Morgan fingerprint density at radius 3 is 2.52 bits per heavy atom. The van der Waals surface area contributed by atoms with Crippen LogP contribution in [0.4, 0.5) is 5.69 Å². The number of aromatic amines is 1. The Kier molecular flexibility index (Phi) is 7.69. The van der Waals surface area contributed by atoms with E-state index >= 15 is 0 Å². The lowest BCUT2D eigenvalue weighted by molar-refractivity contribution is 0.311. The van der Waals surface area contributed by atoms with Crippen LogP contribution < -0.4 is 24.8 Å². The van der Waals surface area contributed by atoms with Gasteiger partial charge in [-0.05, 0) is 50.2 Å². The van der Waals surface area contributed by atoms with Crippen molar-refractivity contribution in [1.29, 1.82) is 0 Å². The van der Waals surface area contributed by atoms with E-state index in [0.717, 1.165) is 17.0 Å². The third-order valence-electron chi connectivity index (χ3n) is 4.34. The molecule has 0 unspecified atom stereocenters. The number of guanidine groups is 1. The first-order chi connectivity index (χ1) is 15.2. The zero-order valence-electron chi connectivity index (χ0n) is 18.2. The fourth-order valence-electron chi connectivity index (χ4n) is 2.85. The molecule has 31 heavy (non-hydrogen) atoms. The summed E-state index contributed by atoms with van der Waals surface area (Å²) in [5.74, 6) is 4.04. The van der Waals surface area contributed by atoms with Crippen molar-refractivity contribution in [3.05, 3.63) is 48.3 Å². The van der Waals surface area contributed by atoms with Gasteiger partial charge in [0.15, 0.2) is 23.3 Å². The van der Waals surface area contributed by atoms with E-state index in [4.69, 9.17) is 14.2 Å². The lowest BCUT2D eigenvalue weighted by Gasteiger charge is -2.14. The topological polar surface area (TPSA) is 106 Å². The van der Waals surface area contributed by atoms with E-state index in [-0.39, 0.29) is 0 Å². The van der Waals surface area contributed by atoms with Gasteiger partial charge in [-0.2, -0.15) is 5.10 Å². The first kappa shape index (κ1) is 21.9. The summed E-state index contributed by atoms with van der Waals surface area (Å²) in [4.78, 5) is 9.12. The van der Waals surface area contributed by atoms with E-state index in [9.17, 15) is 0 Å². The molecule has 164 valence electrons. The summed E-state index contributed by atoms with van der Waals surface area (Å²) in [7, 11) is 3.25. The Morgan fingerprint density at radius 2 is 1.84 bits per heavy atom. The molecule has 3 aromatic rings. The molecule has 0 spiro atoms. The number of hydrogen-bond acceptors (Lipinski definition) is 6. The standard InChI is InChI=1S/C22H28N6O3/c1-5-23-22(25-16-9-12-18(31-6-2)19(13-16)30-4)24-14-20-26-21(28-27-20)15-7-10-17(29-3)11-8-15/h7-13H,5-6,14H2,1-4H3,(H2,23,24,25)(H,26,27,28). The second kappa shape index (κ2) is 10.9. The zero-order valence-corrected chi connectivity index (χ0v) is 18.2. The van der Waals surface area contributed by atoms with Gasteiger partial charge in [-0.25, -0.2) is 9.98 Å². The highest BCUT2D eigenvalue weighted by atomic mass is 16.5. The van der Waals surface area contributed by atoms with Crippen LogP contribution in [0.3, 0.4) is 0 Å². The molecule has 2 aromatic carbocycles. The molecule has 0 radical (unpaired) electrons. The van der Waals surface area contributed by atoms with E-state index < -0.39 is 0 Å². The lowest BCUT2D eigenvalue weighted by atomic mass is 10.2. The lowest BCUT2D eigenvalue weighted by Crippen LogP contribution is -2.30. The Balaban J connectivity index is 1.70. The number of nitrogens with one attached hydrogen (secondary N) is 3. The van der Waals surface area contributed by atoms with Crippen molar-refractivity contribution in [3.63, 3.8) is 0 Å². The van der Waals surface area contributed by atoms with Gasteiger partial charge >= 0.3 is 0 Å². The molecule has 0 aliphatic heterocycles. The molecule has 1 aromatic heterocycles. The van der Waals surface area contributed by atoms with Gasteiger partial charge in [-0.3, -0.25) is 5.10 Å². The van der Waals surface area contributed by atoms with Crippen LogP contribution in [0.25, 0.3) is 11.4 Å². The van der Waals surface area contributed by atoms with Gasteiger partial charge in [0.2, 0.25) is 0 Å². The average Bonchev–Trinajstić information content (AvgIpc) is 3.28.